The van der Waals surface area contributed by atoms with Crippen molar-refractivity contribution >= 4 is 23.9 Å². The molecule has 0 atom stereocenters. The zero-order valence-electron chi connectivity index (χ0n) is 76.1. The first-order chi connectivity index (χ1) is 54.8. The number of carbonyl (C=O) groups is 4. The normalized spacial score (nSPS) is 10.7. The molecule has 112 heavy (non-hydrogen) atoms. The van der Waals surface area contributed by atoms with Crippen LogP contribution in [0, 0.1) is 0 Å². The van der Waals surface area contributed by atoms with E-state index in [9.17, 15) is 19.2 Å². The maximum absolute atomic E-state index is 10.4. The van der Waals surface area contributed by atoms with Crippen LogP contribution < -0.4 is 17.2 Å². The van der Waals surface area contributed by atoms with Gasteiger partial charge in [-0.2, -0.15) is 0 Å². The lowest BCUT2D eigenvalue weighted by Gasteiger charge is -2.04. The topological polar surface area (TPSA) is 288 Å². The molecule has 0 fully saturated rings. The summed E-state index contributed by atoms with van der Waals surface area (Å²) in [5.74, 6) is -2.60. The van der Waals surface area contributed by atoms with Gasteiger partial charge in [-0.25, -0.2) is 0 Å². The van der Waals surface area contributed by atoms with E-state index >= 15 is 0 Å². The van der Waals surface area contributed by atoms with Gasteiger partial charge in [0.1, 0.15) is 0 Å². The average Bonchev–Trinajstić information content (AvgIpc) is 2.80. The van der Waals surface area contributed by atoms with Crippen LogP contribution >= 0.6 is 0 Å². The highest BCUT2D eigenvalue weighted by Gasteiger charge is 2.04. The Morgan fingerprint density at radius 3 is 0.268 bits per heavy atom. The van der Waals surface area contributed by atoms with Gasteiger partial charge in [-0.05, 0) is 25.7 Å². The number of hydrogen-bond donors (Lipinski definition) is 10. The Bertz CT molecular complexity index is 1490. The lowest BCUT2D eigenvalue weighted by Crippen LogP contribution is -2.02. The van der Waals surface area contributed by atoms with Crippen LogP contribution in [0.4, 0.5) is 0 Å². The van der Waals surface area contributed by atoms with Gasteiger partial charge in [-0.3, -0.25) is 19.2 Å². The summed E-state index contributed by atoms with van der Waals surface area (Å²) in [6.45, 7) is 10.6. The second-order valence-corrected chi connectivity index (χ2v) is 33.0. The standard InChI is InChI=1S/2C24H48O2.2C22H44O2.3C2H7NO/c2*1-2-3-4-5-6-7-8-9-10-11-12-13-14-15-16-17-18-19-20-21-22-23-24(25)26;2*1-2-3-4-5-6-7-8-9-10-11-12-13-14-15-16-17-18-19-20-21-22(23)24;3*3-1-2-4/h2*2-23H2,1H3,(H,25,26);2*2-21H2,1H3,(H,23,24);3*4H,1-3H2. The van der Waals surface area contributed by atoms with Crippen molar-refractivity contribution in [3.8, 4) is 0 Å². The van der Waals surface area contributed by atoms with E-state index in [1.807, 2.05) is 0 Å². The zero-order chi connectivity index (χ0) is 83.9. The average molecular weight is 1600 g/mol. The second kappa shape index (κ2) is 127. The van der Waals surface area contributed by atoms with Crippen LogP contribution in [0.5, 0.6) is 0 Å². The van der Waals surface area contributed by atoms with E-state index < -0.39 is 23.9 Å². The van der Waals surface area contributed by atoms with Crippen LogP contribution in [0.25, 0.3) is 0 Å². The number of aliphatic carboxylic acids is 4. The van der Waals surface area contributed by atoms with Gasteiger partial charge >= 0.3 is 23.9 Å². The summed E-state index contributed by atoms with van der Waals surface area (Å²) in [5.41, 5.74) is 14.3. The Morgan fingerprint density at radius 1 is 0.152 bits per heavy atom. The molecule has 0 aromatic rings. The maximum Gasteiger partial charge on any atom is 0.303 e. The van der Waals surface area contributed by atoms with Crippen molar-refractivity contribution in [3.63, 3.8) is 0 Å². The van der Waals surface area contributed by atoms with Crippen LogP contribution in [0.15, 0.2) is 0 Å². The first-order valence-electron chi connectivity index (χ1n) is 49.6. The number of carboxylic acids is 4. The maximum atomic E-state index is 10.4. The molecule has 0 aliphatic rings. The Morgan fingerprint density at radius 2 is 0.214 bits per heavy atom. The SMILES string of the molecule is CCCCCCCCCCCCCCCCCCCCCC(=O)O.CCCCCCCCCCCCCCCCCCCCCC(=O)O.CCCCCCCCCCCCCCCCCCCCCCCC(=O)O.CCCCCCCCCCCCCCCCCCCCCCCC(=O)O.NCCO.NCCO.NCCO. The van der Waals surface area contributed by atoms with Gasteiger partial charge < -0.3 is 52.9 Å². The van der Waals surface area contributed by atoms with E-state index in [1.54, 1.807) is 0 Å². The molecule has 14 heteroatoms. The summed E-state index contributed by atoms with van der Waals surface area (Å²) >= 11 is 0. The predicted octanol–water partition coefficient (Wildman–Crippen LogP) is 29.9. The van der Waals surface area contributed by atoms with Gasteiger partial charge in [0.15, 0.2) is 0 Å². The van der Waals surface area contributed by atoms with Gasteiger partial charge in [0.25, 0.3) is 0 Å². The quantitative estimate of drug-likeness (QED) is 0.0254. The number of nitrogens with two attached hydrogens (primary N) is 3. The third-order valence-electron chi connectivity index (χ3n) is 21.4. The van der Waals surface area contributed by atoms with E-state index in [4.69, 9.17) is 52.9 Å². The Labute approximate surface area is 698 Å². The third kappa shape index (κ3) is 156. The molecular weight excluding hydrogens is 1400 g/mol. The minimum atomic E-state index is -0.651. The lowest BCUT2D eigenvalue weighted by atomic mass is 10.0. The first-order valence-corrected chi connectivity index (χ1v) is 49.6. The van der Waals surface area contributed by atoms with Crippen molar-refractivity contribution in [2.45, 2.75) is 567 Å². The number of unbranched alkanes of at least 4 members (excludes halogenated alkanes) is 76. The van der Waals surface area contributed by atoms with Gasteiger partial charge in [0.2, 0.25) is 0 Å². The minimum absolute atomic E-state index is 0.0972. The molecule has 0 rings (SSSR count). The molecule has 678 valence electrons. The van der Waals surface area contributed by atoms with Crippen molar-refractivity contribution in [1.82, 2.24) is 0 Å². The molecule has 0 radical (unpaired) electrons. The molecular formula is C98H205N3O11. The molecule has 0 aromatic carbocycles. The summed E-state index contributed by atoms with van der Waals surface area (Å²) in [6, 6.07) is 0. The number of hydrogen-bond acceptors (Lipinski definition) is 10. The smallest absolute Gasteiger partial charge is 0.303 e. The Balaban J connectivity index is -0.000000249. The molecule has 0 saturated carbocycles. The fourth-order valence-corrected chi connectivity index (χ4v) is 14.1. The fourth-order valence-electron chi connectivity index (χ4n) is 14.1. The molecule has 0 saturated heterocycles. The van der Waals surface area contributed by atoms with E-state index in [-0.39, 0.29) is 19.8 Å². The van der Waals surface area contributed by atoms with Crippen LogP contribution in [0.2, 0.25) is 0 Å². The third-order valence-corrected chi connectivity index (χ3v) is 21.4. The van der Waals surface area contributed by atoms with E-state index in [0.717, 1.165) is 51.4 Å². The molecule has 0 aromatic heterocycles. The van der Waals surface area contributed by atoms with Gasteiger partial charge in [0, 0.05) is 45.3 Å². The predicted molar refractivity (Wildman–Crippen MR) is 489 cm³/mol. The lowest BCUT2D eigenvalue weighted by molar-refractivity contribution is -0.138. The first kappa shape index (κ1) is 123. The molecule has 13 N–H and O–H groups in total. The van der Waals surface area contributed by atoms with Crippen LogP contribution in [-0.4, -0.2) is 99.1 Å². The molecule has 0 amide bonds. The van der Waals surface area contributed by atoms with Gasteiger partial charge in [-0.15, -0.1) is 0 Å². The molecule has 0 bridgehead atoms. The van der Waals surface area contributed by atoms with E-state index in [2.05, 4.69) is 27.7 Å². The van der Waals surface area contributed by atoms with Gasteiger partial charge in [0.05, 0.1) is 19.8 Å². The summed E-state index contributed by atoms with van der Waals surface area (Å²) in [7, 11) is 0. The number of aliphatic hydroxyl groups excluding tert-OH is 3. The highest BCUT2D eigenvalue weighted by molar-refractivity contribution is 5.67. The fraction of sp³-hybridized carbons (Fsp3) is 0.959. The largest absolute Gasteiger partial charge is 0.481 e. The summed E-state index contributed by atoms with van der Waals surface area (Å²) < 4.78 is 0. The number of carboxylic acid groups (broad SMARTS) is 4. The summed E-state index contributed by atoms with van der Waals surface area (Å²) in [4.78, 5) is 41.6. The monoisotopic (exact) mass is 1600 g/mol. The van der Waals surface area contributed by atoms with Crippen molar-refractivity contribution < 1.29 is 54.9 Å². The molecule has 0 unspecified atom stereocenters. The molecule has 0 aliphatic heterocycles. The summed E-state index contributed by atoms with van der Waals surface area (Å²) in [5, 5.41) is 57.5. The highest BCUT2D eigenvalue weighted by atomic mass is 16.4. The molecule has 0 aliphatic carbocycles. The summed E-state index contributed by atoms with van der Waals surface area (Å²) in [6.07, 6.45) is 110. The zero-order valence-corrected chi connectivity index (χ0v) is 76.1. The Kier molecular flexibility index (Phi) is 139. The van der Waals surface area contributed by atoms with Crippen molar-refractivity contribution in [2.24, 2.45) is 17.2 Å². The minimum Gasteiger partial charge on any atom is -0.481 e. The number of aliphatic hydroxyl groups is 3. The van der Waals surface area contributed by atoms with E-state index in [1.165, 1.54) is 462 Å². The Hall–Kier alpha value is -2.36. The molecule has 14 nitrogen and oxygen atoms in total. The van der Waals surface area contributed by atoms with Crippen molar-refractivity contribution in [3.05, 3.63) is 0 Å². The van der Waals surface area contributed by atoms with Gasteiger partial charge in [-0.1, -0.05) is 516 Å². The number of rotatable bonds is 87. The van der Waals surface area contributed by atoms with Crippen molar-refractivity contribution in [2.75, 3.05) is 39.5 Å². The highest BCUT2D eigenvalue weighted by Crippen LogP contribution is 2.21. The van der Waals surface area contributed by atoms with Crippen molar-refractivity contribution in [1.29, 1.82) is 0 Å². The molecule has 0 spiro atoms. The van der Waals surface area contributed by atoms with E-state index in [0.29, 0.717) is 45.3 Å². The van der Waals surface area contributed by atoms with Crippen LogP contribution in [0.3, 0.4) is 0 Å². The van der Waals surface area contributed by atoms with Crippen LogP contribution in [0.1, 0.15) is 567 Å². The van der Waals surface area contributed by atoms with Crippen LogP contribution in [-0.2, 0) is 19.2 Å². The molecule has 0 heterocycles. The second-order valence-electron chi connectivity index (χ2n) is 33.0.